The fourth-order valence-corrected chi connectivity index (χ4v) is 32.9. The molecule has 0 radical (unpaired) electrons. The zero-order valence-corrected chi connectivity index (χ0v) is 90.4. The van der Waals surface area contributed by atoms with E-state index in [0.29, 0.717) is 92.4 Å². The zero-order chi connectivity index (χ0) is 105. The summed E-state index contributed by atoms with van der Waals surface area (Å²) < 4.78 is 164. The predicted molar refractivity (Wildman–Crippen MR) is 585 cm³/mol. The summed E-state index contributed by atoms with van der Waals surface area (Å²) in [4.78, 5) is 68.7. The highest BCUT2D eigenvalue weighted by Gasteiger charge is 2.49. The van der Waals surface area contributed by atoms with Crippen molar-refractivity contribution in [2.75, 3.05) is 45.8 Å². The van der Waals surface area contributed by atoms with E-state index in [4.69, 9.17) is 55.6 Å². The van der Waals surface area contributed by atoms with Crippen LogP contribution in [0.4, 0.5) is 0 Å². The van der Waals surface area contributed by atoms with Gasteiger partial charge in [-0.1, -0.05) is 293 Å². The highest BCUT2D eigenvalue weighted by atomic mass is 31.2. The Bertz CT molecular complexity index is 7830. The van der Waals surface area contributed by atoms with Gasteiger partial charge in [0, 0.05) is 59.2 Å². The van der Waals surface area contributed by atoms with Gasteiger partial charge in [0.2, 0.25) is 0 Å². The van der Waals surface area contributed by atoms with Crippen LogP contribution < -0.4 is 104 Å². The van der Waals surface area contributed by atoms with Crippen molar-refractivity contribution < 1.29 is 83.0 Å². The summed E-state index contributed by atoms with van der Waals surface area (Å²) in [5.74, 6) is 3.72. The third-order valence-corrected chi connectivity index (χ3v) is 44.8. The molecule has 6 aliphatic heterocycles. The zero-order valence-electron chi connectivity index (χ0n) is 85.0. The second kappa shape index (κ2) is 44.3. The van der Waals surface area contributed by atoms with Crippen molar-refractivity contribution in [3.05, 3.63) is 323 Å². The van der Waals surface area contributed by atoms with E-state index in [1.54, 1.807) is 62.4 Å². The first kappa shape index (κ1) is 105. The van der Waals surface area contributed by atoms with Crippen molar-refractivity contribution in [1.82, 2.24) is 43.6 Å². The van der Waals surface area contributed by atoms with Crippen LogP contribution in [-0.4, -0.2) is 118 Å². The predicted octanol–water partition coefficient (Wildman–Crippen LogP) is 22.6. The van der Waals surface area contributed by atoms with Gasteiger partial charge in [-0.05, 0) is 151 Å². The van der Waals surface area contributed by atoms with E-state index in [2.05, 4.69) is 57.6 Å². The lowest BCUT2D eigenvalue weighted by Gasteiger charge is -2.33. The molecule has 15 aromatic rings. The van der Waals surface area contributed by atoms with Gasteiger partial charge in [-0.2, -0.15) is 0 Å². The van der Waals surface area contributed by atoms with E-state index < -0.39 is 89.6 Å². The normalized spacial score (nSPS) is 20.2. The minimum atomic E-state index is -3.70. The summed E-state index contributed by atoms with van der Waals surface area (Å²) in [6.07, 6.45) is 3.20. The molecule has 0 spiro atoms. The van der Waals surface area contributed by atoms with Gasteiger partial charge in [0.25, 0.3) is 44.2 Å². The average Bonchev–Trinajstić information content (AvgIpc) is 0.744. The van der Waals surface area contributed by atoms with Crippen LogP contribution in [0.1, 0.15) is 102 Å². The van der Waals surface area contributed by atoms with Crippen molar-refractivity contribution in [3.8, 4) is 137 Å². The van der Waals surface area contributed by atoms with Crippen LogP contribution >= 0.6 is 44.2 Å². The van der Waals surface area contributed by atoms with Gasteiger partial charge in [-0.3, -0.25) is 27.4 Å². The first-order valence-corrected chi connectivity index (χ1v) is 60.8. The highest BCUT2D eigenvalue weighted by Crippen LogP contribution is 2.64. The van der Waals surface area contributed by atoms with E-state index >= 15 is 0 Å². The largest absolute Gasteiger partial charge is 0.463 e. The number of rotatable bonds is 34. The standard InChI is InChI=1S/3C38H39N3O7P2/c1-5-25(2)22-44-36-39-37(45-23-26(3)49(42)34-20-12-8-16-30(34)28-14-6-10-18-32(28)47-49)41-38(40-36)46-24-27(4)50(43)35-21-13-9-17-31(35)29-15-7-11-19-33(29)48-50;1-5-25(2)22-39-36(42)40(23-26(3)49(45)34-20-12-8-16-30(34)28-14-6-10-18-32(28)47-49)38(44)41(37(39)43)24-27(4)50(46)35-21-13-9-17-31(35)29-15-7-11-19-33(29)48-50;1-4-26(2)24-45-37-39-36(44-22-13-23-49(42)34-20-11-7-16-30(34)28-14-5-9-18-32(28)47-49)40-38(41-37)46-25-27(3)50(43)35-21-12-8-17-31(35)29-15-6-10-19-33(29)48-50/h2*6-21,25-27H,5,22-24H2,1-4H3;5-12,14-21,26-27H,4,13,22-25H2,1-3H3. The molecule has 30 nitrogen and oxygen atoms in total. The van der Waals surface area contributed by atoms with E-state index in [-0.39, 0.29) is 106 Å². The Hall–Kier alpha value is -14.0. The Balaban J connectivity index is 0.000000141. The smallest absolute Gasteiger partial charge is 0.336 e. The fourth-order valence-electron chi connectivity index (χ4n) is 18.8. The molecular weight excluding hydrogens is 2020 g/mol. The minimum Gasteiger partial charge on any atom is -0.463 e. The quantitative estimate of drug-likeness (QED) is 0.0267. The van der Waals surface area contributed by atoms with Crippen LogP contribution in [0.2, 0.25) is 0 Å². The van der Waals surface area contributed by atoms with Crippen molar-refractivity contribution in [2.24, 2.45) is 17.8 Å². The first-order chi connectivity index (χ1) is 72.4. The molecule has 0 aliphatic carbocycles. The van der Waals surface area contributed by atoms with Gasteiger partial charge in [-0.15, -0.1) is 29.9 Å². The van der Waals surface area contributed by atoms with Crippen molar-refractivity contribution >= 4 is 76.0 Å². The number of ether oxygens (including phenoxy) is 6. The first-order valence-electron chi connectivity index (χ1n) is 50.6. The number of para-hydroxylation sites is 6. The molecule has 0 saturated heterocycles. The molecule has 9 heterocycles. The lowest BCUT2D eigenvalue weighted by Crippen LogP contribution is -2.56. The van der Waals surface area contributed by atoms with Gasteiger partial charge in [0.15, 0.2) is 0 Å². The number of hydrogen-bond acceptors (Lipinski definition) is 27. The Morgan fingerprint density at radius 2 is 0.447 bits per heavy atom. The molecule has 774 valence electrons. The summed E-state index contributed by atoms with van der Waals surface area (Å²) in [5, 5.41) is 3.66. The van der Waals surface area contributed by atoms with Crippen LogP contribution in [-0.2, 0) is 47.0 Å². The lowest BCUT2D eigenvalue weighted by atomic mass is 10.0. The SMILES string of the molecule is CCC(C)COc1nc(OCC(C)P2(=O)Oc3ccccc3-c3ccccc32)nc(OCC(C)P2(=O)Oc3ccccc3-c3ccccc32)n1.CCC(C)COc1nc(OCCCP2(=O)Oc3ccccc3-c3ccccc32)nc(OCC(C)P2(=O)Oc3ccccc3-c3ccccc32)n1.CCC(C)Cn1c(=O)n(CC(C)P2(=O)Oc3ccccc3-c3ccccc32)c(=O)n(CC(C)P2(=O)Oc3ccccc3-c3ccccc32)c1=O. The number of benzene rings is 12. The number of fused-ring (bicyclic) bond motifs is 18. The maximum Gasteiger partial charge on any atom is 0.336 e. The maximum absolute atomic E-state index is 14.9. The van der Waals surface area contributed by atoms with E-state index in [9.17, 15) is 41.8 Å². The molecule has 150 heavy (non-hydrogen) atoms. The number of aromatic nitrogens is 9. The molecule has 21 rings (SSSR count). The van der Waals surface area contributed by atoms with Crippen molar-refractivity contribution in [3.63, 3.8) is 0 Å². The van der Waals surface area contributed by atoms with E-state index in [0.717, 1.165) is 93.3 Å². The summed E-state index contributed by atoms with van der Waals surface area (Å²) in [6.45, 7) is 21.5. The highest BCUT2D eigenvalue weighted by molar-refractivity contribution is 7.70. The molecule has 6 aliphatic rings. The molecule has 0 bridgehead atoms. The summed E-state index contributed by atoms with van der Waals surface area (Å²) in [5.41, 5.74) is 4.59. The Kier molecular flexibility index (Phi) is 30.9. The van der Waals surface area contributed by atoms with E-state index in [1.165, 1.54) is 0 Å². The average molecular weight is 2140 g/mol. The molecule has 0 amide bonds. The number of hydrogen-bond donors (Lipinski definition) is 0. The molecule has 36 heteroatoms. The Morgan fingerprint density at radius 1 is 0.240 bits per heavy atom. The van der Waals surface area contributed by atoms with Crippen molar-refractivity contribution in [2.45, 2.75) is 150 Å². The Labute approximate surface area is 870 Å². The third kappa shape index (κ3) is 20.9. The van der Waals surface area contributed by atoms with Crippen LogP contribution in [0.15, 0.2) is 306 Å². The van der Waals surface area contributed by atoms with E-state index in [1.807, 2.05) is 277 Å². The minimum absolute atomic E-state index is 0.00341. The van der Waals surface area contributed by atoms with Crippen molar-refractivity contribution in [1.29, 1.82) is 0 Å². The monoisotopic (exact) mass is 2130 g/mol. The second-order valence-electron chi connectivity index (χ2n) is 38.6. The molecule has 14 atom stereocenters. The third-order valence-electron chi connectivity index (χ3n) is 28.0. The van der Waals surface area contributed by atoms with Crippen LogP contribution in [0, 0.1) is 17.8 Å². The topological polar surface area (TPSA) is 357 Å². The van der Waals surface area contributed by atoms with Gasteiger partial charge < -0.3 is 55.6 Å². The molecule has 3 aromatic heterocycles. The molecule has 0 fully saturated rings. The van der Waals surface area contributed by atoms with Gasteiger partial charge in [0.05, 0.1) is 79.9 Å². The molecule has 0 N–H and O–H groups in total. The molecule has 0 saturated carbocycles. The molecular formula is C114H117N9O21P6. The molecule has 14 unspecified atom stereocenters. The summed E-state index contributed by atoms with van der Waals surface area (Å²) in [7, 11) is -20.8. The molecule has 12 aromatic carbocycles. The van der Waals surface area contributed by atoms with Crippen LogP contribution in [0.25, 0.3) is 66.8 Å². The fraction of sp³-hybridized carbons (Fsp3) is 0.289. The number of nitrogens with zero attached hydrogens (tertiary/aromatic N) is 9. The maximum atomic E-state index is 14.9. The Morgan fingerprint density at radius 3 is 0.713 bits per heavy atom. The summed E-state index contributed by atoms with van der Waals surface area (Å²) in [6, 6.07) is 90.1. The van der Waals surface area contributed by atoms with Crippen LogP contribution in [0.5, 0.6) is 70.6 Å². The second-order valence-corrected chi connectivity index (χ2v) is 54.8. The van der Waals surface area contributed by atoms with Gasteiger partial charge in [0.1, 0.15) is 54.3 Å². The lowest BCUT2D eigenvalue weighted by molar-refractivity contribution is 0.212. The summed E-state index contributed by atoms with van der Waals surface area (Å²) >= 11 is 0. The van der Waals surface area contributed by atoms with Crippen LogP contribution in [0.3, 0.4) is 0 Å². The van der Waals surface area contributed by atoms with Gasteiger partial charge in [-0.25, -0.2) is 28.1 Å². The van der Waals surface area contributed by atoms with Gasteiger partial charge >= 0.3 is 53.1 Å².